The number of hydrogen-bond donors (Lipinski definition) is 0. The average molecular weight is 437 g/mol. The summed E-state index contributed by atoms with van der Waals surface area (Å²) in [6.45, 7) is 4.44. The first-order chi connectivity index (χ1) is 14.1. The number of hydrogen-bond acceptors (Lipinski definition) is 2. The Balaban J connectivity index is 0.00000450. The van der Waals surface area contributed by atoms with Crippen LogP contribution in [-0.4, -0.2) is 19.7 Å². The fourth-order valence-corrected chi connectivity index (χ4v) is 5.79. The molecule has 0 aliphatic heterocycles. The summed E-state index contributed by atoms with van der Waals surface area (Å²) in [5, 5.41) is 0. The van der Waals surface area contributed by atoms with Gasteiger partial charge in [-0.05, 0) is 43.9 Å². The Morgan fingerprint density at radius 3 is 2.71 bits per heavy atom. The Morgan fingerprint density at radius 1 is 1.29 bits per heavy atom. The topological polar surface area (TPSA) is 18.5 Å². The quantitative estimate of drug-likeness (QED) is 0.158. The van der Waals surface area contributed by atoms with Crippen molar-refractivity contribution in [2.24, 2.45) is 17.3 Å². The molecule has 0 radical (unpaired) electrons. The molecule has 0 aromatic heterocycles. The first kappa shape index (κ1) is 22.9. The molecule has 0 spiro atoms. The van der Waals surface area contributed by atoms with Gasteiger partial charge in [-0.25, -0.2) is 4.39 Å². The van der Waals surface area contributed by atoms with Gasteiger partial charge in [-0.2, -0.15) is 0 Å². The summed E-state index contributed by atoms with van der Waals surface area (Å²) >= 11 is 0. The maximum absolute atomic E-state index is 14.8. The zero-order valence-corrected chi connectivity index (χ0v) is 19.9. The second kappa shape index (κ2) is 12.8. The number of unbranched alkanes of at least 4 members (excludes halogenated alkanes) is 2. The molecule has 0 amide bonds. The molecule has 0 heterocycles. The van der Waals surface area contributed by atoms with Crippen LogP contribution in [0.5, 0.6) is 0 Å². The van der Waals surface area contributed by atoms with E-state index in [2.05, 4.69) is 47.6 Å². The maximum atomic E-state index is 14.8. The van der Waals surface area contributed by atoms with E-state index in [1.54, 1.807) is 0 Å². The lowest BCUT2D eigenvalue weighted by molar-refractivity contribution is -0.0141. The fourth-order valence-electron chi connectivity index (χ4n) is 5.13. The van der Waals surface area contributed by atoms with E-state index in [-0.39, 0.29) is 34.9 Å². The normalized spacial score (nSPS) is 31.8. The molecule has 2 aliphatic rings. The highest BCUT2D eigenvalue weighted by molar-refractivity contribution is 7.10. The van der Waals surface area contributed by atoms with Gasteiger partial charge in [-0.3, -0.25) is 0 Å². The standard InChI is InChI=1S/C23H41FO2P2.H2/c1-3-5-6-7-8-11-18-19(21(25-27)17-20(18)24)12-9-13-22(26-28)23(14-4-2)15-10-16-23;/h7-9,12,18-22H,3-6,10-11,13-17,27-28H2,1-2H3;1H/b8-7-,12-9+;/t18-,19-,20-,21-,22?;/m1./s1/i27T;1+2/t18-,19-,20-,21-,22?,27?;. The molecule has 2 fully saturated rings. The molecule has 0 N–H and O–H groups in total. The van der Waals surface area contributed by atoms with Crippen LogP contribution in [0.1, 0.15) is 85.9 Å². The molecule has 28 heavy (non-hydrogen) atoms. The first-order valence-electron chi connectivity index (χ1n) is 11.8. The van der Waals surface area contributed by atoms with Crippen LogP contribution in [0.3, 0.4) is 0 Å². The minimum atomic E-state index is -0.853. The highest BCUT2D eigenvalue weighted by Crippen LogP contribution is 2.50. The van der Waals surface area contributed by atoms with E-state index in [4.69, 9.17) is 10.3 Å². The van der Waals surface area contributed by atoms with Gasteiger partial charge in [0.05, 0.1) is 13.5 Å². The van der Waals surface area contributed by atoms with Crippen molar-refractivity contribution < 1.29 is 14.9 Å². The SMILES string of the molecule is [3HH].[3H]PO[C@@H]1C[C@@H](F)[C@H](C/C=C\CCCC)[C@H]1/C=C/CC(OP)C1(CCC)CCC1. The van der Waals surface area contributed by atoms with E-state index in [0.29, 0.717) is 11.8 Å². The largest absolute Gasteiger partial charge is 0.362 e. The summed E-state index contributed by atoms with van der Waals surface area (Å²) in [4.78, 5) is 0. The molecule has 0 aromatic carbocycles. The molecule has 164 valence electrons. The van der Waals surface area contributed by atoms with Gasteiger partial charge in [0, 0.05) is 38.6 Å². The number of allylic oxidation sites excluding steroid dienone is 2. The van der Waals surface area contributed by atoms with Crippen LogP contribution in [0.15, 0.2) is 24.3 Å². The number of rotatable bonds is 14. The summed E-state index contributed by atoms with van der Waals surface area (Å²) in [6.07, 6.45) is 19.6. The third-order valence-electron chi connectivity index (χ3n) is 6.95. The highest BCUT2D eigenvalue weighted by atomic mass is 31.0. The van der Waals surface area contributed by atoms with Crippen LogP contribution in [0.25, 0.3) is 0 Å². The van der Waals surface area contributed by atoms with Gasteiger partial charge in [0.25, 0.3) is 0 Å². The van der Waals surface area contributed by atoms with Crippen LogP contribution < -0.4 is 0 Å². The molecule has 3 unspecified atom stereocenters. The molecule has 7 atom stereocenters. The van der Waals surface area contributed by atoms with Crippen molar-refractivity contribution in [3.05, 3.63) is 24.3 Å². The van der Waals surface area contributed by atoms with Crippen molar-refractivity contribution in [1.82, 2.24) is 0 Å². The Morgan fingerprint density at radius 2 is 2.11 bits per heavy atom. The Kier molecular flexibility index (Phi) is 10.4. The van der Waals surface area contributed by atoms with Gasteiger partial charge in [0.2, 0.25) is 0 Å². The molecule has 0 saturated heterocycles. The van der Waals surface area contributed by atoms with Crippen LogP contribution in [0.2, 0.25) is 0 Å². The summed E-state index contributed by atoms with van der Waals surface area (Å²) in [7, 11) is 2.13. The van der Waals surface area contributed by atoms with E-state index in [9.17, 15) is 4.39 Å². The van der Waals surface area contributed by atoms with Crippen molar-refractivity contribution in [3.8, 4) is 0 Å². The molecule has 2 aliphatic carbocycles. The minimum Gasteiger partial charge on any atom is -0.362 e. The molecule has 2 saturated carbocycles. The van der Waals surface area contributed by atoms with Crippen molar-refractivity contribution in [2.75, 3.05) is 0 Å². The van der Waals surface area contributed by atoms with Crippen molar-refractivity contribution in [2.45, 2.75) is 103 Å². The zero-order valence-electron chi connectivity index (χ0n) is 18.7. The summed E-state index contributed by atoms with van der Waals surface area (Å²) in [5.74, 6) is 0.00139. The van der Waals surface area contributed by atoms with E-state index in [0.717, 1.165) is 19.3 Å². The molecular weight excluding hydrogens is 389 g/mol. The lowest BCUT2D eigenvalue weighted by Crippen LogP contribution is -2.41. The number of alkyl halides is 1. The lowest BCUT2D eigenvalue weighted by atomic mass is 9.62. The van der Waals surface area contributed by atoms with E-state index < -0.39 is 6.17 Å². The van der Waals surface area contributed by atoms with Crippen LogP contribution >= 0.6 is 18.9 Å². The summed E-state index contributed by atoms with van der Waals surface area (Å²) in [6, 6.07) is 0. The van der Waals surface area contributed by atoms with Crippen molar-refractivity contribution >= 4 is 18.9 Å². The van der Waals surface area contributed by atoms with E-state index in [1.165, 1.54) is 44.9 Å². The Bertz CT molecular complexity index is 517. The van der Waals surface area contributed by atoms with E-state index >= 15 is 0 Å². The van der Waals surface area contributed by atoms with Gasteiger partial charge in [-0.1, -0.05) is 63.8 Å². The van der Waals surface area contributed by atoms with Crippen LogP contribution in [0.4, 0.5) is 4.39 Å². The second-order valence-corrected chi connectivity index (χ2v) is 9.26. The number of halogens is 1. The average Bonchev–Trinajstić information content (AvgIpc) is 2.97. The smallest absolute Gasteiger partial charge is 0.106 e. The van der Waals surface area contributed by atoms with Crippen LogP contribution in [0, 0.1) is 17.3 Å². The zero-order chi connectivity index (χ0) is 21.1. The maximum Gasteiger partial charge on any atom is 0.106 e. The Labute approximate surface area is 179 Å². The Hall–Kier alpha value is 0.190. The summed E-state index contributed by atoms with van der Waals surface area (Å²) in [5.41, 5.74) is 0.318. The summed E-state index contributed by atoms with van der Waals surface area (Å²) < 4.78 is 33.7. The van der Waals surface area contributed by atoms with Crippen molar-refractivity contribution in [3.63, 3.8) is 0 Å². The van der Waals surface area contributed by atoms with Crippen molar-refractivity contribution in [1.29, 1.82) is 1.28 Å². The van der Waals surface area contributed by atoms with Gasteiger partial charge in [0.15, 0.2) is 0 Å². The van der Waals surface area contributed by atoms with Gasteiger partial charge < -0.3 is 9.05 Å². The predicted molar refractivity (Wildman–Crippen MR) is 126 cm³/mol. The molecule has 5 heteroatoms. The van der Waals surface area contributed by atoms with Gasteiger partial charge >= 0.3 is 0 Å². The molecule has 2 nitrogen and oxygen atoms in total. The molecule has 0 aromatic rings. The lowest BCUT2D eigenvalue weighted by Gasteiger charge is -2.47. The van der Waals surface area contributed by atoms with Gasteiger partial charge in [-0.15, -0.1) is 0 Å². The van der Waals surface area contributed by atoms with Crippen LogP contribution in [-0.2, 0) is 9.05 Å². The fraction of sp³-hybridized carbons (Fsp3) is 0.826. The molecular formula is C23H43FO2P2. The first-order valence-corrected chi connectivity index (χ1v) is 12.1. The third kappa shape index (κ3) is 6.34. The molecule has 2 rings (SSSR count). The predicted octanol–water partition coefficient (Wildman–Crippen LogP) is 7.61. The third-order valence-corrected chi connectivity index (χ3v) is 7.58. The van der Waals surface area contributed by atoms with Gasteiger partial charge in [0.1, 0.15) is 6.17 Å². The monoisotopic (exact) mass is 436 g/mol. The highest BCUT2D eigenvalue weighted by Gasteiger charge is 2.44. The molecule has 0 bridgehead atoms. The van der Waals surface area contributed by atoms with E-state index in [1.807, 2.05) is 0 Å². The minimum absolute atomic E-state index is 0. The second-order valence-electron chi connectivity index (χ2n) is 8.75.